The maximum atomic E-state index is 5.75. The van der Waals surface area contributed by atoms with E-state index in [1.807, 2.05) is 25.1 Å². The van der Waals surface area contributed by atoms with Crippen molar-refractivity contribution in [3.8, 4) is 17.4 Å². The van der Waals surface area contributed by atoms with E-state index in [1.165, 1.54) is 6.33 Å². The average Bonchev–Trinajstić information content (AvgIpc) is 2.39. The smallest absolute Gasteiger partial charge is 0.222 e. The molecule has 0 bridgehead atoms. The minimum Gasteiger partial charge on any atom is -0.493 e. The van der Waals surface area contributed by atoms with Crippen molar-refractivity contribution in [3.05, 3.63) is 41.9 Å². The first-order valence-corrected chi connectivity index (χ1v) is 5.57. The monoisotopic (exact) mass is 245 g/mol. The topological polar surface area (TPSA) is 70.3 Å². The summed E-state index contributed by atoms with van der Waals surface area (Å²) in [5.74, 6) is 1.71. The molecule has 0 saturated carbocycles. The van der Waals surface area contributed by atoms with Crippen molar-refractivity contribution in [1.29, 1.82) is 0 Å². The highest BCUT2D eigenvalue weighted by atomic mass is 16.5. The van der Waals surface area contributed by atoms with E-state index in [4.69, 9.17) is 15.2 Å². The Kier molecular flexibility index (Phi) is 3.74. The Morgan fingerprint density at radius 1 is 1.28 bits per heavy atom. The summed E-state index contributed by atoms with van der Waals surface area (Å²) in [6, 6.07) is 7.35. The van der Waals surface area contributed by atoms with Gasteiger partial charge in [-0.25, -0.2) is 9.97 Å². The molecule has 5 heteroatoms. The van der Waals surface area contributed by atoms with Gasteiger partial charge in [0.25, 0.3) is 0 Å². The van der Waals surface area contributed by atoms with Gasteiger partial charge in [0.2, 0.25) is 5.88 Å². The van der Waals surface area contributed by atoms with Gasteiger partial charge in [0, 0.05) is 23.9 Å². The van der Waals surface area contributed by atoms with Crippen molar-refractivity contribution in [2.24, 2.45) is 5.73 Å². The molecule has 94 valence electrons. The van der Waals surface area contributed by atoms with Crippen LogP contribution in [0.1, 0.15) is 11.3 Å². The molecule has 0 aliphatic carbocycles. The largest absolute Gasteiger partial charge is 0.493 e. The van der Waals surface area contributed by atoms with Gasteiger partial charge in [-0.15, -0.1) is 0 Å². The van der Waals surface area contributed by atoms with Crippen LogP contribution in [0, 0.1) is 6.92 Å². The zero-order chi connectivity index (χ0) is 13.0. The van der Waals surface area contributed by atoms with Crippen LogP contribution < -0.4 is 15.2 Å². The van der Waals surface area contributed by atoms with Crippen LogP contribution in [0.5, 0.6) is 17.4 Å². The standard InChI is InChI=1S/C13H15N3O2/c1-9-6-12(16-8-15-9)18-13-10(7-14)4-3-5-11(13)17-2/h3-6,8H,7,14H2,1-2H3. The number of aromatic nitrogens is 2. The van der Waals surface area contributed by atoms with Crippen LogP contribution in [0.3, 0.4) is 0 Å². The summed E-state index contributed by atoms with van der Waals surface area (Å²) >= 11 is 0. The molecule has 2 rings (SSSR count). The fourth-order valence-electron chi connectivity index (χ4n) is 1.59. The van der Waals surface area contributed by atoms with Gasteiger partial charge in [-0.3, -0.25) is 0 Å². The first-order chi connectivity index (χ1) is 8.74. The molecule has 18 heavy (non-hydrogen) atoms. The van der Waals surface area contributed by atoms with Gasteiger partial charge in [-0.05, 0) is 13.0 Å². The zero-order valence-electron chi connectivity index (χ0n) is 10.4. The van der Waals surface area contributed by atoms with Crippen molar-refractivity contribution in [2.45, 2.75) is 13.5 Å². The van der Waals surface area contributed by atoms with Crippen molar-refractivity contribution < 1.29 is 9.47 Å². The molecule has 0 spiro atoms. The van der Waals surface area contributed by atoms with Crippen molar-refractivity contribution >= 4 is 0 Å². The normalized spacial score (nSPS) is 10.2. The minimum absolute atomic E-state index is 0.372. The Hall–Kier alpha value is -2.14. The minimum atomic E-state index is 0.372. The number of hydrogen-bond acceptors (Lipinski definition) is 5. The lowest BCUT2D eigenvalue weighted by molar-refractivity contribution is 0.371. The number of benzene rings is 1. The molecule has 0 saturated heterocycles. The van der Waals surface area contributed by atoms with Crippen LogP contribution in [0.4, 0.5) is 0 Å². The second kappa shape index (κ2) is 5.46. The van der Waals surface area contributed by atoms with Gasteiger partial charge in [0.15, 0.2) is 11.5 Å². The summed E-state index contributed by atoms with van der Waals surface area (Å²) in [4.78, 5) is 8.08. The highest BCUT2D eigenvalue weighted by molar-refractivity contribution is 5.48. The molecule has 2 aromatic rings. The van der Waals surface area contributed by atoms with Crippen LogP contribution in [0.15, 0.2) is 30.6 Å². The van der Waals surface area contributed by atoms with E-state index in [1.54, 1.807) is 13.2 Å². The number of ether oxygens (including phenoxy) is 2. The summed E-state index contributed by atoms with van der Waals surface area (Å²) in [6.07, 6.45) is 1.46. The summed E-state index contributed by atoms with van der Waals surface area (Å²) in [6.45, 7) is 2.25. The van der Waals surface area contributed by atoms with Gasteiger partial charge in [0.1, 0.15) is 6.33 Å². The SMILES string of the molecule is COc1cccc(CN)c1Oc1cc(C)ncn1. The van der Waals surface area contributed by atoms with E-state index >= 15 is 0 Å². The Morgan fingerprint density at radius 2 is 2.11 bits per heavy atom. The molecule has 0 radical (unpaired) electrons. The molecule has 1 heterocycles. The molecule has 0 atom stereocenters. The Labute approximate surface area is 106 Å². The third-order valence-electron chi connectivity index (χ3n) is 2.49. The molecule has 0 aliphatic rings. The first-order valence-electron chi connectivity index (χ1n) is 5.57. The fraction of sp³-hybridized carbons (Fsp3) is 0.231. The zero-order valence-corrected chi connectivity index (χ0v) is 10.4. The lowest BCUT2D eigenvalue weighted by Gasteiger charge is -2.13. The molecular formula is C13H15N3O2. The highest BCUT2D eigenvalue weighted by Crippen LogP contribution is 2.34. The maximum absolute atomic E-state index is 5.75. The van der Waals surface area contributed by atoms with Crippen molar-refractivity contribution in [3.63, 3.8) is 0 Å². The van der Waals surface area contributed by atoms with Gasteiger partial charge in [0.05, 0.1) is 7.11 Å². The van der Waals surface area contributed by atoms with E-state index in [0.29, 0.717) is 23.9 Å². The number of hydrogen-bond donors (Lipinski definition) is 1. The fourth-order valence-corrected chi connectivity index (χ4v) is 1.59. The van der Waals surface area contributed by atoms with Crippen LogP contribution >= 0.6 is 0 Å². The maximum Gasteiger partial charge on any atom is 0.222 e. The number of nitrogens with zero attached hydrogens (tertiary/aromatic N) is 2. The van der Waals surface area contributed by atoms with E-state index in [-0.39, 0.29) is 0 Å². The second-order valence-corrected chi connectivity index (χ2v) is 3.75. The summed E-state index contributed by atoms with van der Waals surface area (Å²) in [5.41, 5.74) is 7.39. The summed E-state index contributed by atoms with van der Waals surface area (Å²) < 4.78 is 11.0. The average molecular weight is 245 g/mol. The molecule has 2 N–H and O–H groups in total. The quantitative estimate of drug-likeness (QED) is 0.892. The lowest BCUT2D eigenvalue weighted by Crippen LogP contribution is -2.02. The van der Waals surface area contributed by atoms with E-state index in [9.17, 15) is 0 Å². The summed E-state index contributed by atoms with van der Waals surface area (Å²) in [7, 11) is 1.59. The second-order valence-electron chi connectivity index (χ2n) is 3.75. The van der Waals surface area contributed by atoms with Crippen LogP contribution in [-0.2, 0) is 6.54 Å². The predicted octanol–water partition coefficient (Wildman–Crippen LogP) is 2.04. The number of rotatable bonds is 4. The van der Waals surface area contributed by atoms with Gasteiger partial charge in [-0.1, -0.05) is 12.1 Å². The molecule has 1 aromatic heterocycles. The van der Waals surface area contributed by atoms with Crippen LogP contribution in [0.2, 0.25) is 0 Å². The number of para-hydroxylation sites is 1. The van der Waals surface area contributed by atoms with Gasteiger partial charge in [-0.2, -0.15) is 0 Å². The van der Waals surface area contributed by atoms with Crippen LogP contribution in [0.25, 0.3) is 0 Å². The Bertz CT molecular complexity index is 521. The molecule has 0 aliphatic heterocycles. The van der Waals surface area contributed by atoms with Crippen LogP contribution in [-0.4, -0.2) is 17.1 Å². The molecule has 0 unspecified atom stereocenters. The van der Waals surface area contributed by atoms with E-state index in [0.717, 1.165) is 11.3 Å². The van der Waals surface area contributed by atoms with Gasteiger partial charge >= 0.3 is 0 Å². The summed E-state index contributed by atoms with van der Waals surface area (Å²) in [5, 5.41) is 0. The van der Waals surface area contributed by atoms with Gasteiger partial charge < -0.3 is 15.2 Å². The highest BCUT2D eigenvalue weighted by Gasteiger charge is 2.11. The molecule has 0 amide bonds. The number of methoxy groups -OCH3 is 1. The van der Waals surface area contributed by atoms with E-state index < -0.39 is 0 Å². The van der Waals surface area contributed by atoms with E-state index in [2.05, 4.69) is 9.97 Å². The predicted molar refractivity (Wildman–Crippen MR) is 67.7 cm³/mol. The molecule has 5 nitrogen and oxygen atoms in total. The Morgan fingerprint density at radius 3 is 2.78 bits per heavy atom. The van der Waals surface area contributed by atoms with Crippen molar-refractivity contribution in [2.75, 3.05) is 7.11 Å². The molecular weight excluding hydrogens is 230 g/mol. The third kappa shape index (κ3) is 2.57. The molecule has 1 aromatic carbocycles. The lowest BCUT2D eigenvalue weighted by atomic mass is 10.2. The number of aryl methyl sites for hydroxylation is 1. The van der Waals surface area contributed by atoms with Crippen molar-refractivity contribution in [1.82, 2.24) is 9.97 Å². The third-order valence-corrected chi connectivity index (χ3v) is 2.49. The Balaban J connectivity index is 2.38. The first kappa shape index (κ1) is 12.3. The number of nitrogens with two attached hydrogens (primary N) is 1. The molecule has 0 fully saturated rings.